The predicted molar refractivity (Wildman–Crippen MR) is 73.9 cm³/mol. The van der Waals surface area contributed by atoms with E-state index in [-0.39, 0.29) is 5.56 Å². The van der Waals surface area contributed by atoms with E-state index in [1.54, 1.807) is 18.5 Å². The quantitative estimate of drug-likeness (QED) is 0.916. The number of aryl methyl sites for hydroxylation is 2. The smallest absolute Gasteiger partial charge is 0.394 e. The van der Waals surface area contributed by atoms with E-state index in [1.165, 1.54) is 0 Å². The number of aromatic nitrogens is 2. The Kier molecular flexibility index (Phi) is 4.41. The van der Waals surface area contributed by atoms with Crippen molar-refractivity contribution in [2.24, 2.45) is 11.8 Å². The zero-order chi connectivity index (χ0) is 17.5. The van der Waals surface area contributed by atoms with Crippen molar-refractivity contribution >= 4 is 11.9 Å². The molecule has 2 atom stereocenters. The zero-order valence-electron chi connectivity index (χ0n) is 13.0. The van der Waals surface area contributed by atoms with Gasteiger partial charge in [0, 0.05) is 25.3 Å². The fourth-order valence-corrected chi connectivity index (χ4v) is 3.02. The van der Waals surface area contributed by atoms with E-state index >= 15 is 0 Å². The number of carbonyl (C=O) groups is 2. The minimum atomic E-state index is -4.66. The molecule has 1 saturated heterocycles. The Morgan fingerprint density at radius 2 is 1.91 bits per heavy atom. The van der Waals surface area contributed by atoms with Gasteiger partial charge in [0.1, 0.15) is 0 Å². The summed E-state index contributed by atoms with van der Waals surface area (Å²) in [6.07, 6.45) is -4.66. The minimum Gasteiger partial charge on any atom is -0.481 e. The van der Waals surface area contributed by atoms with Gasteiger partial charge in [-0.25, -0.2) is 0 Å². The summed E-state index contributed by atoms with van der Waals surface area (Å²) in [6, 6.07) is 0. The van der Waals surface area contributed by atoms with Crippen LogP contribution in [0.25, 0.3) is 0 Å². The van der Waals surface area contributed by atoms with E-state index < -0.39 is 43.0 Å². The molecule has 0 radical (unpaired) electrons. The van der Waals surface area contributed by atoms with Crippen molar-refractivity contribution in [2.75, 3.05) is 13.1 Å². The third kappa shape index (κ3) is 3.04. The molecule has 1 N–H and O–H groups in total. The first-order valence-corrected chi connectivity index (χ1v) is 7.20. The van der Waals surface area contributed by atoms with Gasteiger partial charge in [-0.3, -0.25) is 14.3 Å². The third-order valence-corrected chi connectivity index (χ3v) is 4.24. The number of aliphatic carboxylic acids is 1. The van der Waals surface area contributed by atoms with Crippen molar-refractivity contribution in [3.8, 4) is 0 Å². The molecule has 1 fully saturated rings. The molecule has 1 amide bonds. The molecule has 1 aromatic heterocycles. The number of amides is 1. The van der Waals surface area contributed by atoms with Gasteiger partial charge >= 0.3 is 12.1 Å². The molecule has 23 heavy (non-hydrogen) atoms. The first-order chi connectivity index (χ1) is 10.6. The van der Waals surface area contributed by atoms with E-state index in [9.17, 15) is 22.8 Å². The van der Waals surface area contributed by atoms with E-state index in [0.29, 0.717) is 17.9 Å². The monoisotopic (exact) mass is 333 g/mol. The summed E-state index contributed by atoms with van der Waals surface area (Å²) in [5, 5.41) is 13.2. The van der Waals surface area contributed by atoms with Gasteiger partial charge in [0.25, 0.3) is 5.91 Å². The molecule has 0 saturated carbocycles. The number of carbonyl (C=O) groups excluding carboxylic acids is 1. The number of halogens is 3. The molecule has 0 unspecified atom stereocenters. The molecule has 128 valence electrons. The second-order valence-electron chi connectivity index (χ2n) is 5.66. The molecule has 2 rings (SSSR count). The number of rotatable bonds is 3. The molecule has 0 spiro atoms. The van der Waals surface area contributed by atoms with Crippen LogP contribution in [0, 0.1) is 25.7 Å². The lowest BCUT2D eigenvalue weighted by Gasteiger charge is -2.18. The standard InChI is InChI=1S/C14H18F3N3O3/c1-4-20-8(3)11(7(2)18-20)12(21)19-5-9(13(22)23)10(6-19)14(15,16)17/h9-10H,4-6H2,1-3H3,(H,22,23)/t9-,10-/m1/s1. The van der Waals surface area contributed by atoms with Gasteiger partial charge in [-0.15, -0.1) is 0 Å². The molecule has 0 aromatic carbocycles. The molecular weight excluding hydrogens is 315 g/mol. The van der Waals surface area contributed by atoms with Gasteiger partial charge in [0.2, 0.25) is 0 Å². The number of nitrogens with zero attached hydrogens (tertiary/aromatic N) is 3. The average Bonchev–Trinajstić information content (AvgIpc) is 3.00. The van der Waals surface area contributed by atoms with Crippen LogP contribution < -0.4 is 0 Å². The van der Waals surface area contributed by atoms with E-state index in [1.807, 2.05) is 6.92 Å². The Balaban J connectivity index is 2.31. The lowest BCUT2D eigenvalue weighted by atomic mass is 9.96. The molecule has 1 aromatic rings. The van der Waals surface area contributed by atoms with Crippen molar-refractivity contribution < 1.29 is 27.9 Å². The van der Waals surface area contributed by atoms with Crippen LogP contribution in [0.5, 0.6) is 0 Å². The van der Waals surface area contributed by atoms with Gasteiger partial charge in [0.05, 0.1) is 23.1 Å². The molecule has 1 aliphatic rings. The van der Waals surface area contributed by atoms with Crippen molar-refractivity contribution in [1.82, 2.24) is 14.7 Å². The van der Waals surface area contributed by atoms with E-state index in [4.69, 9.17) is 5.11 Å². The second kappa shape index (κ2) is 5.86. The van der Waals surface area contributed by atoms with Crippen LogP contribution in [0.2, 0.25) is 0 Å². The number of carboxylic acid groups (broad SMARTS) is 1. The molecule has 6 nitrogen and oxygen atoms in total. The second-order valence-corrected chi connectivity index (χ2v) is 5.66. The normalized spacial score (nSPS) is 21.7. The van der Waals surface area contributed by atoms with Gasteiger partial charge in [-0.2, -0.15) is 18.3 Å². The van der Waals surface area contributed by atoms with Crippen molar-refractivity contribution in [2.45, 2.75) is 33.5 Å². The summed E-state index contributed by atoms with van der Waals surface area (Å²) in [4.78, 5) is 24.6. The fourth-order valence-electron chi connectivity index (χ4n) is 3.02. The summed E-state index contributed by atoms with van der Waals surface area (Å²) in [7, 11) is 0. The van der Waals surface area contributed by atoms with Crippen LogP contribution in [0.1, 0.15) is 28.7 Å². The average molecular weight is 333 g/mol. The Hall–Kier alpha value is -2.06. The molecule has 1 aliphatic heterocycles. The van der Waals surface area contributed by atoms with Crippen LogP contribution in [0.4, 0.5) is 13.2 Å². The summed E-state index contributed by atoms with van der Waals surface area (Å²) < 4.78 is 40.6. The topological polar surface area (TPSA) is 75.4 Å². The molecular formula is C14H18F3N3O3. The molecule has 0 bridgehead atoms. The maximum Gasteiger partial charge on any atom is 0.394 e. The number of alkyl halides is 3. The third-order valence-electron chi connectivity index (χ3n) is 4.24. The van der Waals surface area contributed by atoms with Crippen LogP contribution in [0.15, 0.2) is 0 Å². The Morgan fingerprint density at radius 1 is 1.30 bits per heavy atom. The van der Waals surface area contributed by atoms with Gasteiger partial charge in [-0.1, -0.05) is 0 Å². The molecule has 2 heterocycles. The summed E-state index contributed by atoms with van der Waals surface area (Å²) in [6.45, 7) is 4.55. The van der Waals surface area contributed by atoms with Crippen molar-refractivity contribution in [3.63, 3.8) is 0 Å². The van der Waals surface area contributed by atoms with Gasteiger partial charge in [-0.05, 0) is 20.8 Å². The fraction of sp³-hybridized carbons (Fsp3) is 0.643. The maximum atomic E-state index is 13.0. The molecule has 9 heteroatoms. The highest BCUT2D eigenvalue weighted by atomic mass is 19.4. The van der Waals surface area contributed by atoms with Gasteiger partial charge in [0.15, 0.2) is 0 Å². The first-order valence-electron chi connectivity index (χ1n) is 7.20. The Labute approximate surface area is 130 Å². The van der Waals surface area contributed by atoms with Crippen LogP contribution in [-0.4, -0.2) is 50.9 Å². The number of hydrogen-bond donors (Lipinski definition) is 1. The van der Waals surface area contributed by atoms with Crippen molar-refractivity contribution in [1.29, 1.82) is 0 Å². The predicted octanol–water partition coefficient (Wildman–Crippen LogP) is 1.85. The van der Waals surface area contributed by atoms with Crippen LogP contribution in [-0.2, 0) is 11.3 Å². The SMILES string of the molecule is CCn1nc(C)c(C(=O)N2C[C@@H](C(F)(F)F)[C@H](C(=O)O)C2)c1C. The number of hydrogen-bond acceptors (Lipinski definition) is 3. The highest BCUT2D eigenvalue weighted by Gasteiger charge is 2.53. The van der Waals surface area contributed by atoms with Crippen molar-refractivity contribution in [3.05, 3.63) is 17.0 Å². The minimum absolute atomic E-state index is 0.249. The summed E-state index contributed by atoms with van der Waals surface area (Å²) in [5.74, 6) is -5.83. The van der Waals surface area contributed by atoms with E-state index in [2.05, 4.69) is 5.10 Å². The van der Waals surface area contributed by atoms with Crippen LogP contribution >= 0.6 is 0 Å². The largest absolute Gasteiger partial charge is 0.481 e. The van der Waals surface area contributed by atoms with Crippen LogP contribution in [0.3, 0.4) is 0 Å². The highest BCUT2D eigenvalue weighted by Crippen LogP contribution is 2.38. The molecule has 0 aliphatic carbocycles. The zero-order valence-corrected chi connectivity index (χ0v) is 13.0. The summed E-state index contributed by atoms with van der Waals surface area (Å²) >= 11 is 0. The lowest BCUT2D eigenvalue weighted by Crippen LogP contribution is -2.34. The highest BCUT2D eigenvalue weighted by molar-refractivity contribution is 5.97. The first kappa shape index (κ1) is 17.3. The lowest BCUT2D eigenvalue weighted by molar-refractivity contribution is -0.187. The Morgan fingerprint density at radius 3 is 2.30 bits per heavy atom. The Bertz CT molecular complexity index is 639. The van der Waals surface area contributed by atoms with E-state index in [0.717, 1.165) is 4.90 Å². The summed E-state index contributed by atoms with van der Waals surface area (Å²) in [5.41, 5.74) is 1.24. The maximum absolute atomic E-state index is 13.0. The van der Waals surface area contributed by atoms with Gasteiger partial charge < -0.3 is 10.0 Å². The number of carboxylic acids is 1. The number of likely N-dealkylation sites (tertiary alicyclic amines) is 1.